The minimum atomic E-state index is 0.763. The number of ether oxygens (including phenoxy) is 1. The zero-order valence-electron chi connectivity index (χ0n) is 14.7. The molecule has 0 aromatic heterocycles. The molecule has 0 aliphatic rings. The van der Waals surface area contributed by atoms with Crippen LogP contribution >= 0.6 is 31.9 Å². The number of anilines is 3. The highest BCUT2D eigenvalue weighted by molar-refractivity contribution is 9.10. The number of benzene rings is 3. The Hall–Kier alpha value is -1.78. The van der Waals surface area contributed by atoms with Crippen LogP contribution in [0.4, 0.5) is 17.1 Å². The third kappa shape index (κ3) is 4.89. The van der Waals surface area contributed by atoms with Gasteiger partial charge in [0.2, 0.25) is 0 Å². The summed E-state index contributed by atoms with van der Waals surface area (Å²) < 4.78 is 7.93. The van der Waals surface area contributed by atoms with Gasteiger partial charge in [0, 0.05) is 26.0 Å². The SMILES string of the molecule is CCCCOc1ccc(N(c2ccc(Br)cc2)c2ccc(Br)cc2)cc1. The average Bonchev–Trinajstić information content (AvgIpc) is 2.66. The Morgan fingerprint density at radius 1 is 0.692 bits per heavy atom. The van der Waals surface area contributed by atoms with Crippen molar-refractivity contribution in [2.75, 3.05) is 11.5 Å². The molecule has 3 aromatic rings. The number of hydrogen-bond donors (Lipinski definition) is 0. The molecule has 0 radical (unpaired) electrons. The predicted octanol–water partition coefficient (Wildman–Crippen LogP) is 7.86. The number of rotatable bonds is 7. The maximum Gasteiger partial charge on any atom is 0.119 e. The maximum absolute atomic E-state index is 5.79. The maximum atomic E-state index is 5.79. The number of nitrogens with zero attached hydrogens (tertiary/aromatic N) is 1. The molecule has 0 aliphatic carbocycles. The third-order valence-corrected chi connectivity index (χ3v) is 5.09. The zero-order valence-corrected chi connectivity index (χ0v) is 17.8. The molecule has 0 bridgehead atoms. The van der Waals surface area contributed by atoms with Gasteiger partial charge in [-0.3, -0.25) is 0 Å². The molecular weight excluding hydrogens is 454 g/mol. The van der Waals surface area contributed by atoms with Gasteiger partial charge in [0.05, 0.1) is 6.61 Å². The molecular formula is C22H21Br2NO. The number of hydrogen-bond acceptors (Lipinski definition) is 2. The summed E-state index contributed by atoms with van der Waals surface area (Å²) >= 11 is 7.03. The monoisotopic (exact) mass is 473 g/mol. The van der Waals surface area contributed by atoms with Gasteiger partial charge in [-0.2, -0.15) is 0 Å². The van der Waals surface area contributed by atoms with Crippen LogP contribution in [0.15, 0.2) is 81.7 Å². The van der Waals surface area contributed by atoms with E-state index in [1.807, 2.05) is 12.1 Å². The summed E-state index contributed by atoms with van der Waals surface area (Å²) in [6, 6.07) is 25.0. The van der Waals surface area contributed by atoms with E-state index in [2.05, 4.69) is 104 Å². The van der Waals surface area contributed by atoms with Gasteiger partial charge in [-0.25, -0.2) is 0 Å². The molecule has 3 aromatic carbocycles. The molecule has 0 unspecified atom stereocenters. The molecule has 0 saturated heterocycles. The van der Waals surface area contributed by atoms with Gasteiger partial charge in [-0.15, -0.1) is 0 Å². The molecule has 0 heterocycles. The van der Waals surface area contributed by atoms with E-state index in [1.165, 1.54) is 0 Å². The van der Waals surface area contributed by atoms with Crippen LogP contribution in [0.1, 0.15) is 19.8 Å². The van der Waals surface area contributed by atoms with Crippen LogP contribution in [0.25, 0.3) is 0 Å². The summed E-state index contributed by atoms with van der Waals surface area (Å²) in [6.45, 7) is 2.93. The largest absolute Gasteiger partial charge is 0.494 e. The molecule has 0 aliphatic heterocycles. The summed E-state index contributed by atoms with van der Waals surface area (Å²) in [4.78, 5) is 2.23. The highest BCUT2D eigenvalue weighted by Crippen LogP contribution is 2.36. The fourth-order valence-corrected chi connectivity index (χ4v) is 3.18. The molecule has 4 heteroatoms. The van der Waals surface area contributed by atoms with Crippen molar-refractivity contribution in [3.63, 3.8) is 0 Å². The van der Waals surface area contributed by atoms with Crippen molar-refractivity contribution < 1.29 is 4.74 Å². The second kappa shape index (κ2) is 9.24. The van der Waals surface area contributed by atoms with Crippen molar-refractivity contribution in [3.8, 4) is 5.75 Å². The summed E-state index contributed by atoms with van der Waals surface area (Å²) in [5.41, 5.74) is 3.31. The minimum Gasteiger partial charge on any atom is -0.494 e. The molecule has 2 nitrogen and oxygen atoms in total. The van der Waals surface area contributed by atoms with E-state index in [-0.39, 0.29) is 0 Å². The molecule has 3 rings (SSSR count). The molecule has 0 spiro atoms. The third-order valence-electron chi connectivity index (χ3n) is 4.03. The van der Waals surface area contributed by atoms with Crippen LogP contribution in [-0.2, 0) is 0 Å². The van der Waals surface area contributed by atoms with Crippen LogP contribution in [0.5, 0.6) is 5.75 Å². The zero-order chi connectivity index (χ0) is 18.4. The first-order chi connectivity index (χ1) is 12.7. The minimum absolute atomic E-state index is 0.763. The van der Waals surface area contributed by atoms with Crippen molar-refractivity contribution in [3.05, 3.63) is 81.7 Å². The Bertz CT molecular complexity index is 769. The van der Waals surface area contributed by atoms with E-state index in [1.54, 1.807) is 0 Å². The topological polar surface area (TPSA) is 12.5 Å². The highest BCUT2D eigenvalue weighted by atomic mass is 79.9. The molecule has 134 valence electrons. The van der Waals surface area contributed by atoms with E-state index in [0.717, 1.165) is 51.2 Å². The van der Waals surface area contributed by atoms with E-state index in [4.69, 9.17) is 4.74 Å². The van der Waals surface area contributed by atoms with Gasteiger partial charge in [-0.05, 0) is 79.2 Å². The fraction of sp³-hybridized carbons (Fsp3) is 0.182. The fourth-order valence-electron chi connectivity index (χ4n) is 2.65. The van der Waals surface area contributed by atoms with Crippen molar-refractivity contribution in [2.45, 2.75) is 19.8 Å². The first-order valence-corrected chi connectivity index (χ1v) is 10.3. The highest BCUT2D eigenvalue weighted by Gasteiger charge is 2.12. The van der Waals surface area contributed by atoms with E-state index < -0.39 is 0 Å². The Morgan fingerprint density at radius 3 is 1.54 bits per heavy atom. The standard InChI is InChI=1S/C22H21Br2NO/c1-2-3-16-26-22-14-12-21(13-15-22)25(19-8-4-17(23)5-9-19)20-10-6-18(24)7-11-20/h4-15H,2-3,16H2,1H3. The quantitative estimate of drug-likeness (QED) is 0.323. The Labute approximate surface area is 172 Å². The summed E-state index contributed by atoms with van der Waals surface area (Å²) in [7, 11) is 0. The van der Waals surface area contributed by atoms with E-state index >= 15 is 0 Å². The summed E-state index contributed by atoms with van der Waals surface area (Å²) in [5, 5.41) is 0. The molecule has 0 atom stereocenters. The normalized spacial score (nSPS) is 10.6. The lowest BCUT2D eigenvalue weighted by Gasteiger charge is -2.25. The molecule has 0 fully saturated rings. The van der Waals surface area contributed by atoms with Crippen LogP contribution in [-0.4, -0.2) is 6.61 Å². The second-order valence-corrected chi connectivity index (χ2v) is 7.82. The van der Waals surface area contributed by atoms with Crippen molar-refractivity contribution in [2.24, 2.45) is 0 Å². The van der Waals surface area contributed by atoms with Gasteiger partial charge in [0.15, 0.2) is 0 Å². The van der Waals surface area contributed by atoms with Crippen molar-refractivity contribution >= 4 is 48.9 Å². The Kier molecular flexibility index (Phi) is 6.75. The lowest BCUT2D eigenvalue weighted by molar-refractivity contribution is 0.309. The first-order valence-electron chi connectivity index (χ1n) is 8.71. The van der Waals surface area contributed by atoms with E-state index in [9.17, 15) is 0 Å². The van der Waals surface area contributed by atoms with Gasteiger partial charge < -0.3 is 9.64 Å². The number of halogens is 2. The van der Waals surface area contributed by atoms with Crippen LogP contribution in [0.2, 0.25) is 0 Å². The Morgan fingerprint density at radius 2 is 1.12 bits per heavy atom. The van der Waals surface area contributed by atoms with E-state index in [0.29, 0.717) is 0 Å². The van der Waals surface area contributed by atoms with Gasteiger partial charge >= 0.3 is 0 Å². The molecule has 0 saturated carbocycles. The van der Waals surface area contributed by atoms with Crippen molar-refractivity contribution in [1.82, 2.24) is 0 Å². The first kappa shape index (κ1) is 19.0. The average molecular weight is 475 g/mol. The van der Waals surface area contributed by atoms with Crippen LogP contribution in [0.3, 0.4) is 0 Å². The van der Waals surface area contributed by atoms with Crippen LogP contribution in [0, 0.1) is 0 Å². The predicted molar refractivity (Wildman–Crippen MR) is 117 cm³/mol. The summed E-state index contributed by atoms with van der Waals surface area (Å²) in [6.07, 6.45) is 2.21. The van der Waals surface area contributed by atoms with Gasteiger partial charge in [-0.1, -0.05) is 45.2 Å². The lowest BCUT2D eigenvalue weighted by Crippen LogP contribution is -2.09. The second-order valence-electron chi connectivity index (χ2n) is 5.98. The number of unbranched alkanes of at least 4 members (excludes halogenated alkanes) is 1. The molecule has 26 heavy (non-hydrogen) atoms. The smallest absolute Gasteiger partial charge is 0.119 e. The lowest BCUT2D eigenvalue weighted by atomic mass is 10.2. The summed E-state index contributed by atoms with van der Waals surface area (Å²) in [5.74, 6) is 0.911. The molecule has 0 amide bonds. The van der Waals surface area contributed by atoms with Gasteiger partial charge in [0.25, 0.3) is 0 Å². The van der Waals surface area contributed by atoms with Crippen LogP contribution < -0.4 is 9.64 Å². The Balaban J connectivity index is 1.92. The molecule has 0 N–H and O–H groups in total. The van der Waals surface area contributed by atoms with Gasteiger partial charge in [0.1, 0.15) is 5.75 Å². The van der Waals surface area contributed by atoms with Crippen molar-refractivity contribution in [1.29, 1.82) is 0 Å².